The van der Waals surface area contributed by atoms with Crippen molar-refractivity contribution in [2.75, 3.05) is 0 Å². The molecule has 0 radical (unpaired) electrons. The zero-order valence-corrected chi connectivity index (χ0v) is 32.0. The quantitative estimate of drug-likeness (QED) is 0.167. The Morgan fingerprint density at radius 1 is 0.383 bits per heavy atom. The van der Waals surface area contributed by atoms with E-state index in [-0.39, 0.29) is 0 Å². The van der Waals surface area contributed by atoms with Crippen molar-refractivity contribution in [2.45, 2.75) is 0 Å². The number of rotatable bonds is 4. The summed E-state index contributed by atoms with van der Waals surface area (Å²) in [5.74, 6) is 1.24. The normalized spacial score (nSPS) is 11.6. The summed E-state index contributed by atoms with van der Waals surface area (Å²) in [6.07, 6.45) is 0. The third-order valence-electron chi connectivity index (χ3n) is 11.9. The molecule has 6 nitrogen and oxygen atoms in total. The average Bonchev–Trinajstić information content (AvgIpc) is 3.86. The molecule has 3 aromatic heterocycles. The SMILES string of the molecule is N#Cc1ccc(-c2cc(-n3c4ccccc4c4c5ccccc5c5c6c7ccccc7n(-c7ccccc7)c6c6ccccc6c5c43)nc(-c3ccc(C#N)cc3)n2)cc1. The zero-order valence-electron chi connectivity index (χ0n) is 32.0. The topological polar surface area (TPSA) is 83.2 Å². The minimum atomic E-state index is 0.533. The van der Waals surface area contributed by atoms with E-state index >= 15 is 0 Å². The molecule has 0 saturated carbocycles. The molecule has 3 heterocycles. The predicted molar refractivity (Wildman–Crippen MR) is 244 cm³/mol. The van der Waals surface area contributed by atoms with Crippen LogP contribution < -0.4 is 0 Å². The summed E-state index contributed by atoms with van der Waals surface area (Å²) in [5, 5.41) is 30.9. The summed E-state index contributed by atoms with van der Waals surface area (Å²) < 4.78 is 4.76. The standard InChI is InChI=1S/C54H30N6/c55-31-33-22-26-35(27-23-33)44-30-47(58-54(57-44)36-28-24-34(32-56)25-29-36)60-46-21-11-8-18-42(46)48-38-14-4-5-15-39(38)49-50(53(48)60)40-16-6-7-17-41(40)52-51(49)43-19-9-10-20-45(43)59(52)37-12-2-1-3-13-37/h1-30H. The lowest BCUT2D eigenvalue weighted by atomic mass is 9.90. The summed E-state index contributed by atoms with van der Waals surface area (Å²) >= 11 is 0. The molecule has 276 valence electrons. The maximum Gasteiger partial charge on any atom is 0.162 e. The highest BCUT2D eigenvalue weighted by atomic mass is 15.1. The van der Waals surface area contributed by atoms with Crippen LogP contribution in [0.2, 0.25) is 0 Å². The van der Waals surface area contributed by atoms with Gasteiger partial charge in [-0.25, -0.2) is 9.97 Å². The highest BCUT2D eigenvalue weighted by Crippen LogP contribution is 2.50. The van der Waals surface area contributed by atoms with Crippen LogP contribution in [0.4, 0.5) is 0 Å². The average molecular weight is 763 g/mol. The first-order valence-corrected chi connectivity index (χ1v) is 19.9. The Balaban J connectivity index is 1.32. The minimum absolute atomic E-state index is 0.533. The molecule has 0 amide bonds. The fourth-order valence-corrected chi connectivity index (χ4v) is 9.42. The molecular weight excluding hydrogens is 733 g/mol. The Kier molecular flexibility index (Phi) is 7.26. The fourth-order valence-electron chi connectivity index (χ4n) is 9.42. The Morgan fingerprint density at radius 3 is 1.50 bits per heavy atom. The number of hydrogen-bond donors (Lipinski definition) is 0. The van der Waals surface area contributed by atoms with Crippen LogP contribution in [0.1, 0.15) is 11.1 Å². The predicted octanol–water partition coefficient (Wildman–Crippen LogP) is 13.2. The van der Waals surface area contributed by atoms with Crippen LogP contribution in [0.5, 0.6) is 0 Å². The zero-order chi connectivity index (χ0) is 39.9. The smallest absolute Gasteiger partial charge is 0.162 e. The van der Waals surface area contributed by atoms with E-state index in [1.165, 1.54) is 27.1 Å². The Morgan fingerprint density at radius 2 is 0.867 bits per heavy atom. The second kappa shape index (κ2) is 13.0. The van der Waals surface area contributed by atoms with Crippen LogP contribution in [0.25, 0.3) is 110 Å². The van der Waals surface area contributed by atoms with Gasteiger partial charge in [0.25, 0.3) is 0 Å². The number of fused-ring (bicyclic) bond motifs is 15. The van der Waals surface area contributed by atoms with Gasteiger partial charge in [0.1, 0.15) is 5.82 Å². The van der Waals surface area contributed by atoms with Gasteiger partial charge >= 0.3 is 0 Å². The fraction of sp³-hybridized carbons (Fsp3) is 0. The van der Waals surface area contributed by atoms with Gasteiger partial charge in [0.2, 0.25) is 0 Å². The molecule has 0 aliphatic heterocycles. The molecule has 0 aliphatic carbocycles. The minimum Gasteiger partial charge on any atom is -0.309 e. The van der Waals surface area contributed by atoms with Crippen molar-refractivity contribution in [3.63, 3.8) is 0 Å². The summed E-state index contributed by atoms with van der Waals surface area (Å²) in [5.41, 5.74) is 9.04. The van der Waals surface area contributed by atoms with Crippen molar-refractivity contribution in [3.05, 3.63) is 193 Å². The number of aromatic nitrogens is 4. The second-order valence-corrected chi connectivity index (χ2v) is 15.1. The van der Waals surface area contributed by atoms with Gasteiger partial charge < -0.3 is 4.57 Å². The summed E-state index contributed by atoms with van der Waals surface area (Å²) in [6, 6.07) is 67.2. The van der Waals surface area contributed by atoms with Gasteiger partial charge in [-0.2, -0.15) is 10.5 Å². The third kappa shape index (κ3) is 4.80. The molecule has 0 spiro atoms. The van der Waals surface area contributed by atoms with Crippen LogP contribution in [0.15, 0.2) is 182 Å². The van der Waals surface area contributed by atoms with E-state index in [2.05, 4.69) is 155 Å². The van der Waals surface area contributed by atoms with Crippen LogP contribution in [0.3, 0.4) is 0 Å². The molecular formula is C54H30N6. The Bertz CT molecular complexity index is 3750. The third-order valence-corrected chi connectivity index (χ3v) is 11.9. The van der Waals surface area contributed by atoms with Gasteiger partial charge in [-0.1, -0.05) is 115 Å². The maximum atomic E-state index is 9.62. The molecule has 9 aromatic carbocycles. The summed E-state index contributed by atoms with van der Waals surface area (Å²) in [6.45, 7) is 0. The first kappa shape index (κ1) is 33.5. The molecule has 0 unspecified atom stereocenters. The van der Waals surface area contributed by atoms with Gasteiger partial charge in [0, 0.05) is 60.6 Å². The van der Waals surface area contributed by atoms with Crippen molar-refractivity contribution < 1.29 is 0 Å². The lowest BCUT2D eigenvalue weighted by molar-refractivity contribution is 1.05. The van der Waals surface area contributed by atoms with E-state index in [1.807, 2.05) is 36.4 Å². The molecule has 12 rings (SSSR count). The molecule has 0 aliphatic rings. The van der Waals surface area contributed by atoms with Crippen molar-refractivity contribution in [1.82, 2.24) is 19.1 Å². The van der Waals surface area contributed by atoms with Gasteiger partial charge in [0.05, 0.1) is 51.0 Å². The number of benzene rings is 9. The number of nitrogens with zero attached hydrogens (tertiary/aromatic N) is 6. The van der Waals surface area contributed by atoms with Crippen molar-refractivity contribution in [2.24, 2.45) is 0 Å². The van der Waals surface area contributed by atoms with E-state index in [1.54, 1.807) is 12.1 Å². The Hall–Kier alpha value is -8.58. The molecule has 6 heteroatoms. The molecule has 0 atom stereocenters. The van der Waals surface area contributed by atoms with Crippen molar-refractivity contribution in [1.29, 1.82) is 10.5 Å². The Labute approximate surface area is 343 Å². The van der Waals surface area contributed by atoms with E-state index in [4.69, 9.17) is 9.97 Å². The van der Waals surface area contributed by atoms with Crippen molar-refractivity contribution in [3.8, 4) is 46.3 Å². The molecule has 0 saturated heterocycles. The van der Waals surface area contributed by atoms with Gasteiger partial charge in [0.15, 0.2) is 5.82 Å². The molecule has 0 N–H and O–H groups in total. The molecule has 12 aromatic rings. The van der Waals surface area contributed by atoms with Crippen LogP contribution in [-0.4, -0.2) is 19.1 Å². The monoisotopic (exact) mass is 762 g/mol. The van der Waals surface area contributed by atoms with Gasteiger partial charge in [-0.3, -0.25) is 4.57 Å². The van der Waals surface area contributed by atoms with Crippen LogP contribution >= 0.6 is 0 Å². The maximum absolute atomic E-state index is 9.62. The second-order valence-electron chi connectivity index (χ2n) is 15.1. The van der Waals surface area contributed by atoms with Crippen LogP contribution in [-0.2, 0) is 0 Å². The molecule has 0 bridgehead atoms. The van der Waals surface area contributed by atoms with Gasteiger partial charge in [-0.05, 0) is 76.8 Å². The van der Waals surface area contributed by atoms with Gasteiger partial charge in [-0.15, -0.1) is 0 Å². The van der Waals surface area contributed by atoms with Crippen LogP contribution in [0, 0.1) is 22.7 Å². The highest BCUT2D eigenvalue weighted by Gasteiger charge is 2.26. The number of para-hydroxylation sites is 3. The summed E-state index contributed by atoms with van der Waals surface area (Å²) in [4.78, 5) is 10.5. The number of hydrogen-bond acceptors (Lipinski definition) is 4. The summed E-state index contributed by atoms with van der Waals surface area (Å²) in [7, 11) is 0. The molecule has 0 fully saturated rings. The van der Waals surface area contributed by atoms with Crippen molar-refractivity contribution >= 4 is 75.9 Å². The van der Waals surface area contributed by atoms with E-state index in [0.29, 0.717) is 22.8 Å². The highest BCUT2D eigenvalue weighted by molar-refractivity contribution is 6.44. The lowest BCUT2D eigenvalue weighted by Gasteiger charge is -2.17. The number of nitriles is 2. The lowest BCUT2D eigenvalue weighted by Crippen LogP contribution is -2.03. The first-order valence-electron chi connectivity index (χ1n) is 19.9. The largest absolute Gasteiger partial charge is 0.309 e. The first-order chi connectivity index (χ1) is 29.7. The van der Waals surface area contributed by atoms with E-state index in [9.17, 15) is 10.5 Å². The van der Waals surface area contributed by atoms with E-state index < -0.39 is 0 Å². The van der Waals surface area contributed by atoms with E-state index in [0.717, 1.165) is 71.4 Å². The molecule has 60 heavy (non-hydrogen) atoms.